The van der Waals surface area contributed by atoms with Gasteiger partial charge in [-0.2, -0.15) is 0 Å². The Morgan fingerprint density at radius 2 is 2.37 bits per heavy atom. The largest absolute Gasteiger partial charge is 0.483 e. The fraction of sp³-hybridized carbons (Fsp3) is 0.231. The molecular weight excluding hydrogens is 310 g/mol. The first-order valence-electron chi connectivity index (χ1n) is 5.78. The van der Waals surface area contributed by atoms with Gasteiger partial charge in [0.25, 0.3) is 5.91 Å². The van der Waals surface area contributed by atoms with E-state index in [2.05, 4.69) is 31.2 Å². The summed E-state index contributed by atoms with van der Waals surface area (Å²) in [6.45, 7) is 2.39. The summed E-state index contributed by atoms with van der Waals surface area (Å²) < 4.78 is 6.28. The molecule has 0 bridgehead atoms. The van der Waals surface area contributed by atoms with E-state index >= 15 is 0 Å². The number of aromatic amines is 1. The number of H-pyrrole nitrogens is 1. The molecule has 0 aliphatic carbocycles. The van der Waals surface area contributed by atoms with E-state index in [4.69, 9.17) is 4.74 Å². The van der Waals surface area contributed by atoms with Crippen LogP contribution in [0.4, 0.5) is 0 Å². The molecule has 2 rings (SSSR count). The molecule has 1 aromatic carbocycles. The molecule has 0 aliphatic heterocycles. The van der Waals surface area contributed by atoms with Gasteiger partial charge in [-0.15, -0.1) is 0 Å². The van der Waals surface area contributed by atoms with Gasteiger partial charge in [0.1, 0.15) is 5.75 Å². The third-order valence-corrected chi connectivity index (χ3v) is 3.10. The van der Waals surface area contributed by atoms with Gasteiger partial charge in [0.2, 0.25) is 0 Å². The summed E-state index contributed by atoms with van der Waals surface area (Å²) in [6.07, 6.45) is 3.24. The van der Waals surface area contributed by atoms with Crippen LogP contribution in [-0.2, 0) is 11.3 Å². The van der Waals surface area contributed by atoms with Gasteiger partial charge >= 0.3 is 0 Å². The molecule has 0 fully saturated rings. The number of carbonyl (C=O) groups excluding carboxylic acids is 1. The van der Waals surface area contributed by atoms with Crippen LogP contribution in [-0.4, -0.2) is 22.5 Å². The highest BCUT2D eigenvalue weighted by atomic mass is 79.9. The zero-order valence-corrected chi connectivity index (χ0v) is 12.0. The summed E-state index contributed by atoms with van der Waals surface area (Å²) in [6, 6.07) is 5.71. The molecule has 0 atom stereocenters. The Morgan fingerprint density at radius 1 is 1.53 bits per heavy atom. The summed E-state index contributed by atoms with van der Waals surface area (Å²) in [7, 11) is 0. The molecule has 2 N–H and O–H groups in total. The number of carbonyl (C=O) groups is 1. The molecule has 0 spiro atoms. The predicted molar refractivity (Wildman–Crippen MR) is 74.8 cm³/mol. The summed E-state index contributed by atoms with van der Waals surface area (Å²) in [4.78, 5) is 18.4. The van der Waals surface area contributed by atoms with Gasteiger partial charge in [-0.25, -0.2) is 4.98 Å². The van der Waals surface area contributed by atoms with Gasteiger partial charge in [0.15, 0.2) is 6.61 Å². The number of hydrogen-bond donors (Lipinski definition) is 2. The fourth-order valence-electron chi connectivity index (χ4n) is 1.49. The van der Waals surface area contributed by atoms with Gasteiger partial charge in [-0.05, 0) is 40.5 Å². The van der Waals surface area contributed by atoms with Crippen molar-refractivity contribution in [3.63, 3.8) is 0 Å². The Morgan fingerprint density at radius 3 is 3.05 bits per heavy atom. The van der Waals surface area contributed by atoms with Crippen molar-refractivity contribution in [2.45, 2.75) is 13.5 Å². The van der Waals surface area contributed by atoms with Crippen molar-refractivity contribution in [3.8, 4) is 5.75 Å². The quantitative estimate of drug-likeness (QED) is 0.886. The van der Waals surface area contributed by atoms with Crippen molar-refractivity contribution >= 4 is 21.8 Å². The van der Waals surface area contributed by atoms with Gasteiger partial charge < -0.3 is 15.0 Å². The van der Waals surface area contributed by atoms with E-state index in [9.17, 15) is 4.79 Å². The number of amides is 1. The molecule has 1 amide bonds. The van der Waals surface area contributed by atoms with Crippen molar-refractivity contribution in [1.82, 2.24) is 15.3 Å². The zero-order chi connectivity index (χ0) is 13.7. The number of hydrogen-bond acceptors (Lipinski definition) is 3. The van der Waals surface area contributed by atoms with Crippen LogP contribution in [0.1, 0.15) is 11.3 Å². The van der Waals surface area contributed by atoms with E-state index < -0.39 is 0 Å². The highest BCUT2D eigenvalue weighted by Gasteiger charge is 2.06. The number of halogens is 1. The van der Waals surface area contributed by atoms with Crippen molar-refractivity contribution < 1.29 is 9.53 Å². The van der Waals surface area contributed by atoms with Crippen LogP contribution in [0, 0.1) is 6.92 Å². The standard InChI is InChI=1S/C13H14BrN3O2/c1-9-2-3-12(11(14)4-9)19-7-13(18)16-6-10-5-15-8-17-10/h2-5,8H,6-7H2,1H3,(H,15,17)(H,16,18). The highest BCUT2D eigenvalue weighted by molar-refractivity contribution is 9.10. The van der Waals surface area contributed by atoms with Gasteiger partial charge in [0, 0.05) is 6.20 Å². The van der Waals surface area contributed by atoms with E-state index in [1.54, 1.807) is 12.5 Å². The molecule has 0 aliphatic rings. The van der Waals surface area contributed by atoms with Crippen LogP contribution in [0.2, 0.25) is 0 Å². The molecule has 2 aromatic rings. The van der Waals surface area contributed by atoms with Crippen LogP contribution in [0.25, 0.3) is 0 Å². The van der Waals surface area contributed by atoms with E-state index in [0.29, 0.717) is 12.3 Å². The average Bonchev–Trinajstić information content (AvgIpc) is 2.88. The first-order chi connectivity index (χ1) is 9.15. The molecule has 5 nitrogen and oxygen atoms in total. The lowest BCUT2D eigenvalue weighted by Gasteiger charge is -2.08. The highest BCUT2D eigenvalue weighted by Crippen LogP contribution is 2.25. The lowest BCUT2D eigenvalue weighted by atomic mass is 10.2. The molecule has 0 unspecified atom stereocenters. The number of ether oxygens (including phenoxy) is 1. The van der Waals surface area contributed by atoms with Crippen LogP contribution in [0.15, 0.2) is 35.2 Å². The Labute approximate surface area is 119 Å². The number of nitrogens with zero attached hydrogens (tertiary/aromatic N) is 1. The maximum atomic E-state index is 11.6. The minimum absolute atomic E-state index is 0.0181. The molecule has 1 heterocycles. The lowest BCUT2D eigenvalue weighted by molar-refractivity contribution is -0.123. The third-order valence-electron chi connectivity index (χ3n) is 2.48. The Kier molecular flexibility index (Phi) is 4.57. The number of imidazole rings is 1. The topological polar surface area (TPSA) is 67.0 Å². The minimum atomic E-state index is -0.179. The van der Waals surface area contributed by atoms with Gasteiger partial charge in [-0.1, -0.05) is 6.07 Å². The minimum Gasteiger partial charge on any atom is -0.483 e. The lowest BCUT2D eigenvalue weighted by Crippen LogP contribution is -2.28. The summed E-state index contributed by atoms with van der Waals surface area (Å²) >= 11 is 3.40. The third kappa shape index (κ3) is 4.10. The molecule has 0 radical (unpaired) electrons. The predicted octanol–water partition coefficient (Wildman–Crippen LogP) is 2.18. The van der Waals surface area contributed by atoms with Crippen LogP contribution in [0.3, 0.4) is 0 Å². The van der Waals surface area contributed by atoms with E-state index in [-0.39, 0.29) is 12.5 Å². The van der Waals surface area contributed by atoms with Crippen LogP contribution >= 0.6 is 15.9 Å². The maximum Gasteiger partial charge on any atom is 0.258 e. The Hall–Kier alpha value is -1.82. The molecule has 0 saturated heterocycles. The summed E-state index contributed by atoms with van der Waals surface area (Å²) in [5.74, 6) is 0.476. The molecule has 100 valence electrons. The number of rotatable bonds is 5. The fourth-order valence-corrected chi connectivity index (χ4v) is 2.10. The SMILES string of the molecule is Cc1ccc(OCC(=O)NCc2cnc[nH]2)c(Br)c1. The molecule has 19 heavy (non-hydrogen) atoms. The maximum absolute atomic E-state index is 11.6. The van der Waals surface area contributed by atoms with Crippen molar-refractivity contribution in [1.29, 1.82) is 0 Å². The van der Waals surface area contributed by atoms with Crippen molar-refractivity contribution in [2.24, 2.45) is 0 Å². The first kappa shape index (κ1) is 13.6. The smallest absolute Gasteiger partial charge is 0.258 e. The number of benzene rings is 1. The number of aromatic nitrogens is 2. The normalized spacial score (nSPS) is 10.2. The molecular formula is C13H14BrN3O2. The second-order valence-corrected chi connectivity index (χ2v) is 4.93. The van der Waals surface area contributed by atoms with E-state index in [1.807, 2.05) is 25.1 Å². The van der Waals surface area contributed by atoms with E-state index in [0.717, 1.165) is 15.7 Å². The first-order valence-corrected chi connectivity index (χ1v) is 6.57. The molecule has 6 heteroatoms. The van der Waals surface area contributed by atoms with Crippen molar-refractivity contribution in [2.75, 3.05) is 6.61 Å². The zero-order valence-electron chi connectivity index (χ0n) is 10.4. The second-order valence-electron chi connectivity index (χ2n) is 4.08. The van der Waals surface area contributed by atoms with Gasteiger partial charge in [-0.3, -0.25) is 4.79 Å². The monoisotopic (exact) mass is 323 g/mol. The molecule has 0 saturated carbocycles. The Bertz CT molecular complexity index is 555. The average molecular weight is 324 g/mol. The van der Waals surface area contributed by atoms with Crippen LogP contribution in [0.5, 0.6) is 5.75 Å². The number of aryl methyl sites for hydroxylation is 1. The van der Waals surface area contributed by atoms with Crippen LogP contribution < -0.4 is 10.1 Å². The molecule has 1 aromatic heterocycles. The number of nitrogens with one attached hydrogen (secondary N) is 2. The summed E-state index contributed by atoms with van der Waals surface area (Å²) in [5, 5.41) is 2.74. The van der Waals surface area contributed by atoms with E-state index in [1.165, 1.54) is 0 Å². The Balaban J connectivity index is 1.80. The van der Waals surface area contributed by atoms with Crippen molar-refractivity contribution in [3.05, 3.63) is 46.5 Å². The second kappa shape index (κ2) is 6.38. The summed E-state index contributed by atoms with van der Waals surface area (Å²) in [5.41, 5.74) is 1.98. The van der Waals surface area contributed by atoms with Gasteiger partial charge in [0.05, 0.1) is 23.0 Å².